The van der Waals surface area contributed by atoms with Crippen molar-refractivity contribution in [3.63, 3.8) is 0 Å². The Labute approximate surface area is 76.4 Å². The van der Waals surface area contributed by atoms with Gasteiger partial charge in [-0.3, -0.25) is 0 Å². The van der Waals surface area contributed by atoms with Gasteiger partial charge in [0.15, 0.2) is 0 Å². The minimum absolute atomic E-state index is 0.203. The molecule has 0 aromatic carbocycles. The van der Waals surface area contributed by atoms with Gasteiger partial charge < -0.3 is 10.4 Å². The molecule has 0 fully saturated rings. The van der Waals surface area contributed by atoms with Crippen LogP contribution in [0.1, 0.15) is 40.5 Å². The molecule has 0 aromatic rings. The third kappa shape index (κ3) is 4.73. The Morgan fingerprint density at radius 2 is 1.67 bits per heavy atom. The summed E-state index contributed by atoms with van der Waals surface area (Å²) in [5.41, 5.74) is 0. The third-order valence-corrected chi connectivity index (χ3v) is 2.37. The van der Waals surface area contributed by atoms with E-state index in [1.54, 1.807) is 0 Å². The summed E-state index contributed by atoms with van der Waals surface area (Å²) < 4.78 is 0. The fraction of sp³-hybridized carbons (Fsp3) is 1.00. The number of aliphatic hydroxyl groups excluding tert-OH is 1. The molecule has 0 aromatic heterocycles. The molecule has 0 aliphatic carbocycles. The molecular weight excluding hydrogens is 150 g/mol. The van der Waals surface area contributed by atoms with Crippen molar-refractivity contribution in [2.24, 2.45) is 5.92 Å². The van der Waals surface area contributed by atoms with E-state index in [1.807, 2.05) is 13.8 Å². The molecule has 0 aliphatic heterocycles. The van der Waals surface area contributed by atoms with Crippen LogP contribution in [0.5, 0.6) is 0 Å². The van der Waals surface area contributed by atoms with E-state index in [9.17, 15) is 5.11 Å². The molecule has 0 bridgehead atoms. The highest BCUT2D eigenvalue weighted by Crippen LogP contribution is 2.01. The van der Waals surface area contributed by atoms with Crippen molar-refractivity contribution >= 4 is 0 Å². The van der Waals surface area contributed by atoms with Crippen molar-refractivity contribution in [2.45, 2.75) is 52.7 Å². The molecule has 0 rings (SSSR count). The van der Waals surface area contributed by atoms with Gasteiger partial charge in [0.05, 0.1) is 6.10 Å². The zero-order valence-electron chi connectivity index (χ0n) is 8.80. The lowest BCUT2D eigenvalue weighted by molar-refractivity contribution is 0.119. The molecule has 0 amide bonds. The van der Waals surface area contributed by atoms with Gasteiger partial charge in [-0.1, -0.05) is 27.7 Å². The Hall–Kier alpha value is -0.0800. The lowest BCUT2D eigenvalue weighted by Crippen LogP contribution is -2.36. The molecule has 0 saturated heterocycles. The van der Waals surface area contributed by atoms with Gasteiger partial charge in [0.1, 0.15) is 0 Å². The Kier molecular flexibility index (Phi) is 6.39. The summed E-state index contributed by atoms with van der Waals surface area (Å²) in [4.78, 5) is 0. The number of nitrogens with one attached hydrogen (secondary N) is 1. The van der Waals surface area contributed by atoms with Crippen molar-refractivity contribution in [2.75, 3.05) is 6.54 Å². The maximum Gasteiger partial charge on any atom is 0.0687 e. The van der Waals surface area contributed by atoms with Crippen LogP contribution in [0.2, 0.25) is 0 Å². The second-order valence-corrected chi connectivity index (χ2v) is 3.73. The summed E-state index contributed by atoms with van der Waals surface area (Å²) >= 11 is 0. The van der Waals surface area contributed by atoms with Gasteiger partial charge >= 0.3 is 0 Å². The smallest absolute Gasteiger partial charge is 0.0687 e. The normalized spacial score (nSPS) is 14.2. The first-order valence-corrected chi connectivity index (χ1v) is 5.03. The van der Waals surface area contributed by atoms with Crippen LogP contribution >= 0.6 is 0 Å². The highest BCUT2D eigenvalue weighted by molar-refractivity contribution is 4.68. The molecule has 0 saturated carbocycles. The lowest BCUT2D eigenvalue weighted by Gasteiger charge is -2.19. The molecule has 0 heterocycles. The minimum Gasteiger partial charge on any atom is -0.392 e. The van der Waals surface area contributed by atoms with E-state index in [2.05, 4.69) is 19.2 Å². The minimum atomic E-state index is -0.203. The molecule has 0 radical (unpaired) electrons. The van der Waals surface area contributed by atoms with Crippen molar-refractivity contribution in [1.29, 1.82) is 0 Å². The van der Waals surface area contributed by atoms with Crippen LogP contribution in [0, 0.1) is 5.92 Å². The maximum absolute atomic E-state index is 9.50. The first-order chi connectivity index (χ1) is 5.61. The summed E-state index contributed by atoms with van der Waals surface area (Å²) in [6, 6.07) is 0.568. The van der Waals surface area contributed by atoms with E-state index in [0.717, 1.165) is 19.4 Å². The summed E-state index contributed by atoms with van der Waals surface area (Å²) in [7, 11) is 0. The van der Waals surface area contributed by atoms with Crippen LogP contribution in [-0.4, -0.2) is 23.8 Å². The van der Waals surface area contributed by atoms with Gasteiger partial charge in [0.25, 0.3) is 0 Å². The molecule has 1 atom stereocenters. The molecule has 2 heteroatoms. The average molecular weight is 173 g/mol. The lowest BCUT2D eigenvalue weighted by atomic mass is 10.1. The van der Waals surface area contributed by atoms with Gasteiger partial charge in [-0.05, 0) is 18.8 Å². The van der Waals surface area contributed by atoms with E-state index in [0.29, 0.717) is 12.0 Å². The van der Waals surface area contributed by atoms with Gasteiger partial charge in [-0.25, -0.2) is 0 Å². The Morgan fingerprint density at radius 3 is 2.00 bits per heavy atom. The van der Waals surface area contributed by atoms with Crippen LogP contribution in [0.4, 0.5) is 0 Å². The number of hydrogen-bond donors (Lipinski definition) is 2. The third-order valence-electron chi connectivity index (χ3n) is 2.37. The van der Waals surface area contributed by atoms with Crippen LogP contribution in [0.25, 0.3) is 0 Å². The fourth-order valence-electron chi connectivity index (χ4n) is 1.10. The summed E-state index contributed by atoms with van der Waals surface area (Å²) in [6.45, 7) is 9.15. The van der Waals surface area contributed by atoms with E-state index in [-0.39, 0.29) is 6.10 Å². The quantitative estimate of drug-likeness (QED) is 0.641. The highest BCUT2D eigenvalue weighted by Gasteiger charge is 2.10. The molecular formula is C10H23NO. The molecule has 0 spiro atoms. The van der Waals surface area contributed by atoms with Crippen LogP contribution in [0.3, 0.4) is 0 Å². The topological polar surface area (TPSA) is 32.3 Å². The van der Waals surface area contributed by atoms with Crippen molar-refractivity contribution in [3.8, 4) is 0 Å². The summed E-state index contributed by atoms with van der Waals surface area (Å²) in [5, 5.41) is 12.9. The Balaban J connectivity index is 3.51. The summed E-state index contributed by atoms with van der Waals surface area (Å²) in [5.74, 6) is 0.354. The average Bonchev–Trinajstić information content (AvgIpc) is 2.05. The van der Waals surface area contributed by atoms with E-state index in [4.69, 9.17) is 0 Å². The van der Waals surface area contributed by atoms with E-state index < -0.39 is 0 Å². The first-order valence-electron chi connectivity index (χ1n) is 5.03. The van der Waals surface area contributed by atoms with Crippen LogP contribution in [-0.2, 0) is 0 Å². The molecule has 74 valence electrons. The molecule has 1 unspecified atom stereocenters. The predicted molar refractivity (Wildman–Crippen MR) is 53.2 cm³/mol. The van der Waals surface area contributed by atoms with E-state index >= 15 is 0 Å². The molecule has 2 N–H and O–H groups in total. The van der Waals surface area contributed by atoms with Crippen molar-refractivity contribution in [1.82, 2.24) is 5.32 Å². The first kappa shape index (κ1) is 11.9. The summed E-state index contributed by atoms with van der Waals surface area (Å²) in [6.07, 6.45) is 2.08. The van der Waals surface area contributed by atoms with E-state index in [1.165, 1.54) is 0 Å². The SMILES string of the molecule is CCC(CC)NCC(O)C(C)C. The van der Waals surface area contributed by atoms with Gasteiger partial charge in [-0.15, -0.1) is 0 Å². The molecule has 12 heavy (non-hydrogen) atoms. The standard InChI is InChI=1S/C10H23NO/c1-5-9(6-2)11-7-10(12)8(3)4/h8-12H,5-7H2,1-4H3. The van der Waals surface area contributed by atoms with Crippen LogP contribution < -0.4 is 5.32 Å². The second kappa shape index (κ2) is 6.44. The number of aliphatic hydroxyl groups is 1. The number of hydrogen-bond acceptors (Lipinski definition) is 2. The number of rotatable bonds is 6. The monoisotopic (exact) mass is 173 g/mol. The molecule has 2 nitrogen and oxygen atoms in total. The van der Waals surface area contributed by atoms with Crippen LogP contribution in [0.15, 0.2) is 0 Å². The van der Waals surface area contributed by atoms with Crippen molar-refractivity contribution in [3.05, 3.63) is 0 Å². The Bertz CT molecular complexity index is 98.0. The zero-order valence-corrected chi connectivity index (χ0v) is 8.80. The zero-order chi connectivity index (χ0) is 9.56. The predicted octanol–water partition coefficient (Wildman–Crippen LogP) is 1.78. The second-order valence-electron chi connectivity index (χ2n) is 3.73. The van der Waals surface area contributed by atoms with Crippen molar-refractivity contribution < 1.29 is 5.11 Å². The van der Waals surface area contributed by atoms with Gasteiger partial charge in [-0.2, -0.15) is 0 Å². The maximum atomic E-state index is 9.50. The fourth-order valence-corrected chi connectivity index (χ4v) is 1.10. The van der Waals surface area contributed by atoms with Gasteiger partial charge in [0, 0.05) is 12.6 Å². The molecule has 0 aliphatic rings. The Morgan fingerprint density at radius 1 is 1.17 bits per heavy atom. The van der Waals surface area contributed by atoms with Gasteiger partial charge in [0.2, 0.25) is 0 Å². The highest BCUT2D eigenvalue weighted by atomic mass is 16.3. The largest absolute Gasteiger partial charge is 0.392 e.